The summed E-state index contributed by atoms with van der Waals surface area (Å²) in [5.41, 5.74) is 6.44. The molecule has 2 fully saturated rings. The van der Waals surface area contributed by atoms with Crippen LogP contribution in [-0.4, -0.2) is 29.9 Å². The lowest BCUT2D eigenvalue weighted by atomic mass is 9.77. The predicted octanol–water partition coefficient (Wildman–Crippen LogP) is 2.96. The van der Waals surface area contributed by atoms with E-state index in [9.17, 15) is 4.79 Å². The zero-order chi connectivity index (χ0) is 13.2. The molecular formula is C15H29ClN2O. The van der Waals surface area contributed by atoms with Crippen LogP contribution in [-0.2, 0) is 4.79 Å². The number of halogens is 1. The Morgan fingerprint density at radius 1 is 1.32 bits per heavy atom. The van der Waals surface area contributed by atoms with E-state index in [2.05, 4.69) is 18.7 Å². The topological polar surface area (TPSA) is 46.3 Å². The Morgan fingerprint density at radius 2 is 1.95 bits per heavy atom. The van der Waals surface area contributed by atoms with Gasteiger partial charge in [-0.25, -0.2) is 0 Å². The third-order valence-electron chi connectivity index (χ3n) is 5.20. The number of likely N-dealkylation sites (tertiary alicyclic amines) is 1. The number of piperidine rings is 1. The van der Waals surface area contributed by atoms with Crippen LogP contribution in [0, 0.1) is 11.3 Å². The van der Waals surface area contributed by atoms with Crippen molar-refractivity contribution in [2.24, 2.45) is 17.1 Å². The first-order valence-electron chi connectivity index (χ1n) is 7.58. The van der Waals surface area contributed by atoms with Gasteiger partial charge in [-0.05, 0) is 37.5 Å². The predicted molar refractivity (Wildman–Crippen MR) is 81.4 cm³/mol. The normalized spacial score (nSPS) is 30.6. The van der Waals surface area contributed by atoms with Crippen LogP contribution in [0.15, 0.2) is 0 Å². The van der Waals surface area contributed by atoms with E-state index < -0.39 is 0 Å². The fourth-order valence-electron chi connectivity index (χ4n) is 3.33. The molecule has 1 saturated carbocycles. The van der Waals surface area contributed by atoms with Gasteiger partial charge in [-0.2, -0.15) is 0 Å². The molecule has 1 aliphatic carbocycles. The Bertz CT molecular complexity index is 301. The van der Waals surface area contributed by atoms with E-state index in [-0.39, 0.29) is 24.4 Å². The first kappa shape index (κ1) is 16.8. The monoisotopic (exact) mass is 288 g/mol. The Kier molecular flexibility index (Phi) is 6.13. The van der Waals surface area contributed by atoms with Gasteiger partial charge in [-0.3, -0.25) is 4.79 Å². The molecule has 3 nitrogen and oxygen atoms in total. The third-order valence-corrected chi connectivity index (χ3v) is 5.20. The van der Waals surface area contributed by atoms with Gasteiger partial charge in [0.25, 0.3) is 0 Å². The van der Waals surface area contributed by atoms with Gasteiger partial charge in [0.1, 0.15) is 0 Å². The molecule has 1 aliphatic heterocycles. The SMILES string of the molecule is CCC1(C)CCN(C(=O)C2CCCC(N)C2)CC1.Cl. The van der Waals surface area contributed by atoms with Gasteiger partial charge >= 0.3 is 0 Å². The van der Waals surface area contributed by atoms with E-state index in [0.717, 1.165) is 51.6 Å². The summed E-state index contributed by atoms with van der Waals surface area (Å²) in [5.74, 6) is 0.586. The number of nitrogens with two attached hydrogens (primary N) is 1. The van der Waals surface area contributed by atoms with Gasteiger partial charge in [0.15, 0.2) is 0 Å². The summed E-state index contributed by atoms with van der Waals surface area (Å²) in [5, 5.41) is 0. The molecular weight excluding hydrogens is 260 g/mol. The average molecular weight is 289 g/mol. The van der Waals surface area contributed by atoms with Crippen molar-refractivity contribution in [3.63, 3.8) is 0 Å². The van der Waals surface area contributed by atoms with Crippen LogP contribution in [0.3, 0.4) is 0 Å². The first-order valence-corrected chi connectivity index (χ1v) is 7.58. The summed E-state index contributed by atoms with van der Waals surface area (Å²) in [4.78, 5) is 14.6. The van der Waals surface area contributed by atoms with Crippen molar-refractivity contribution in [1.29, 1.82) is 0 Å². The Hall–Kier alpha value is -0.280. The van der Waals surface area contributed by atoms with Crippen molar-refractivity contribution in [2.75, 3.05) is 13.1 Å². The van der Waals surface area contributed by atoms with E-state index in [1.165, 1.54) is 6.42 Å². The van der Waals surface area contributed by atoms with Crippen LogP contribution >= 0.6 is 12.4 Å². The van der Waals surface area contributed by atoms with E-state index in [4.69, 9.17) is 5.73 Å². The van der Waals surface area contributed by atoms with Gasteiger partial charge in [0.05, 0.1) is 0 Å². The van der Waals surface area contributed by atoms with Crippen molar-refractivity contribution in [3.05, 3.63) is 0 Å². The summed E-state index contributed by atoms with van der Waals surface area (Å²) in [7, 11) is 0. The van der Waals surface area contributed by atoms with Crippen LogP contribution in [0.5, 0.6) is 0 Å². The molecule has 0 bridgehead atoms. The van der Waals surface area contributed by atoms with Crippen LogP contribution in [0.2, 0.25) is 0 Å². The summed E-state index contributed by atoms with van der Waals surface area (Å²) in [6.45, 7) is 6.52. The highest BCUT2D eigenvalue weighted by Gasteiger charge is 2.34. The Morgan fingerprint density at radius 3 is 2.47 bits per heavy atom. The number of hydrogen-bond acceptors (Lipinski definition) is 2. The smallest absolute Gasteiger partial charge is 0.225 e. The van der Waals surface area contributed by atoms with Crippen molar-refractivity contribution >= 4 is 18.3 Å². The molecule has 1 amide bonds. The number of amides is 1. The number of carbonyl (C=O) groups is 1. The van der Waals surface area contributed by atoms with Crippen LogP contribution in [0.25, 0.3) is 0 Å². The fraction of sp³-hybridized carbons (Fsp3) is 0.933. The third kappa shape index (κ3) is 4.09. The van der Waals surface area contributed by atoms with Crippen LogP contribution in [0.4, 0.5) is 0 Å². The fourth-order valence-corrected chi connectivity index (χ4v) is 3.33. The molecule has 1 heterocycles. The molecule has 0 aromatic carbocycles. The molecule has 4 heteroatoms. The number of nitrogens with zero attached hydrogens (tertiary/aromatic N) is 1. The lowest BCUT2D eigenvalue weighted by Gasteiger charge is -2.41. The summed E-state index contributed by atoms with van der Waals surface area (Å²) < 4.78 is 0. The molecule has 2 unspecified atom stereocenters. The highest BCUT2D eigenvalue weighted by molar-refractivity contribution is 5.85. The lowest BCUT2D eigenvalue weighted by Crippen LogP contribution is -2.46. The molecule has 1 saturated heterocycles. The minimum absolute atomic E-state index is 0. The highest BCUT2D eigenvalue weighted by Crippen LogP contribution is 2.35. The second-order valence-corrected chi connectivity index (χ2v) is 6.61. The molecule has 2 rings (SSSR count). The maximum atomic E-state index is 12.5. The minimum atomic E-state index is 0. The highest BCUT2D eigenvalue weighted by atomic mass is 35.5. The number of carbonyl (C=O) groups excluding carboxylic acids is 1. The van der Waals surface area contributed by atoms with Crippen LogP contribution < -0.4 is 5.73 Å². The Labute approximate surface area is 123 Å². The van der Waals surface area contributed by atoms with E-state index >= 15 is 0 Å². The molecule has 19 heavy (non-hydrogen) atoms. The molecule has 0 radical (unpaired) electrons. The van der Waals surface area contributed by atoms with Crippen molar-refractivity contribution in [2.45, 2.75) is 64.8 Å². The van der Waals surface area contributed by atoms with Gasteiger partial charge in [-0.1, -0.05) is 26.7 Å². The van der Waals surface area contributed by atoms with E-state index in [1.54, 1.807) is 0 Å². The molecule has 2 N–H and O–H groups in total. The standard InChI is InChI=1S/C15H28N2O.ClH/c1-3-15(2)7-9-17(10-8-15)14(18)12-5-4-6-13(16)11-12;/h12-13H,3-11,16H2,1-2H3;1H. The summed E-state index contributed by atoms with van der Waals surface area (Å²) in [6, 6.07) is 0.249. The van der Waals surface area contributed by atoms with Gasteiger partial charge in [0, 0.05) is 25.0 Å². The number of hydrogen-bond donors (Lipinski definition) is 1. The first-order chi connectivity index (χ1) is 8.54. The molecule has 2 aliphatic rings. The zero-order valence-corrected chi connectivity index (χ0v) is 13.2. The molecule has 0 aromatic heterocycles. The van der Waals surface area contributed by atoms with Crippen LogP contribution in [0.1, 0.15) is 58.8 Å². The maximum absolute atomic E-state index is 12.5. The second kappa shape index (κ2) is 6.94. The number of rotatable bonds is 2. The van der Waals surface area contributed by atoms with Gasteiger partial charge in [-0.15, -0.1) is 12.4 Å². The van der Waals surface area contributed by atoms with Crippen molar-refractivity contribution in [1.82, 2.24) is 4.90 Å². The zero-order valence-electron chi connectivity index (χ0n) is 12.4. The molecule has 0 spiro atoms. The van der Waals surface area contributed by atoms with E-state index in [1.807, 2.05) is 0 Å². The average Bonchev–Trinajstić information content (AvgIpc) is 2.39. The van der Waals surface area contributed by atoms with Crippen molar-refractivity contribution < 1.29 is 4.79 Å². The second-order valence-electron chi connectivity index (χ2n) is 6.61. The molecule has 0 aromatic rings. The summed E-state index contributed by atoms with van der Waals surface area (Å²) >= 11 is 0. The van der Waals surface area contributed by atoms with Crippen molar-refractivity contribution in [3.8, 4) is 0 Å². The summed E-state index contributed by atoms with van der Waals surface area (Å²) in [6.07, 6.45) is 7.72. The molecule has 112 valence electrons. The van der Waals surface area contributed by atoms with E-state index in [0.29, 0.717) is 11.3 Å². The van der Waals surface area contributed by atoms with Gasteiger partial charge in [0.2, 0.25) is 5.91 Å². The van der Waals surface area contributed by atoms with Gasteiger partial charge < -0.3 is 10.6 Å². The molecule has 2 atom stereocenters. The minimum Gasteiger partial charge on any atom is -0.342 e. The largest absolute Gasteiger partial charge is 0.342 e. The quantitative estimate of drug-likeness (QED) is 0.849. The Balaban J connectivity index is 0.00000180. The lowest BCUT2D eigenvalue weighted by molar-refractivity contribution is -0.139. The maximum Gasteiger partial charge on any atom is 0.225 e.